The van der Waals surface area contributed by atoms with Crippen molar-refractivity contribution in [2.24, 2.45) is 5.92 Å². The second-order valence-electron chi connectivity index (χ2n) is 6.82. The lowest BCUT2D eigenvalue weighted by Crippen LogP contribution is -2.49. The normalized spacial score (nSPS) is 22.7. The van der Waals surface area contributed by atoms with E-state index >= 15 is 0 Å². The van der Waals surface area contributed by atoms with Crippen molar-refractivity contribution in [1.29, 1.82) is 0 Å². The summed E-state index contributed by atoms with van der Waals surface area (Å²) in [5.74, 6) is -0.00347. The molecule has 2 saturated heterocycles. The molecule has 2 aliphatic heterocycles. The van der Waals surface area contributed by atoms with E-state index in [2.05, 4.69) is 11.9 Å². The van der Waals surface area contributed by atoms with E-state index < -0.39 is 0 Å². The molecule has 2 amide bonds. The van der Waals surface area contributed by atoms with Gasteiger partial charge in [-0.3, -0.25) is 9.59 Å². The zero-order valence-corrected chi connectivity index (χ0v) is 14.2. The summed E-state index contributed by atoms with van der Waals surface area (Å²) < 4.78 is 0. The molecule has 5 nitrogen and oxygen atoms in total. The highest BCUT2D eigenvalue weighted by Crippen LogP contribution is 2.29. The molecule has 1 aromatic carbocycles. The van der Waals surface area contributed by atoms with Crippen molar-refractivity contribution in [1.82, 2.24) is 9.80 Å². The second kappa shape index (κ2) is 6.32. The topological polar surface area (TPSA) is 43.9 Å². The Morgan fingerprint density at radius 3 is 2.52 bits per heavy atom. The number of amides is 2. The first-order chi connectivity index (χ1) is 11.0. The Balaban J connectivity index is 1.72. The zero-order chi connectivity index (χ0) is 16.6. The lowest BCUT2D eigenvalue weighted by Gasteiger charge is -2.33. The molecule has 3 rings (SSSR count). The summed E-state index contributed by atoms with van der Waals surface area (Å²) in [4.78, 5) is 31.1. The van der Waals surface area contributed by atoms with Crippen LogP contribution >= 0.6 is 0 Å². The molecule has 0 saturated carbocycles. The molecule has 2 heterocycles. The molecular weight excluding hydrogens is 290 g/mol. The summed E-state index contributed by atoms with van der Waals surface area (Å²) >= 11 is 0. The minimum atomic E-state index is -0.203. The lowest BCUT2D eigenvalue weighted by atomic mass is 10.1. The van der Waals surface area contributed by atoms with Crippen molar-refractivity contribution >= 4 is 17.5 Å². The summed E-state index contributed by atoms with van der Waals surface area (Å²) in [6.07, 6.45) is 0.332. The third-order valence-corrected chi connectivity index (χ3v) is 4.94. The second-order valence-corrected chi connectivity index (χ2v) is 6.82. The molecule has 1 atom stereocenters. The van der Waals surface area contributed by atoms with E-state index in [1.165, 1.54) is 0 Å². The van der Waals surface area contributed by atoms with Crippen LogP contribution in [0.5, 0.6) is 0 Å². The molecule has 2 aliphatic rings. The van der Waals surface area contributed by atoms with Gasteiger partial charge in [0.05, 0.1) is 5.92 Å². The number of aryl methyl sites for hydroxylation is 2. The Hall–Kier alpha value is -1.88. The first-order valence-electron chi connectivity index (χ1n) is 8.30. The number of hydrogen-bond acceptors (Lipinski definition) is 3. The summed E-state index contributed by atoms with van der Waals surface area (Å²) in [5.41, 5.74) is 3.16. The van der Waals surface area contributed by atoms with E-state index in [-0.39, 0.29) is 17.7 Å². The standard InChI is InChI=1S/C18H25N3O2/c1-13-4-5-14(2)16(10-13)21-12-15(11-17(21)22)18(23)20-8-6-19(3)7-9-20/h4-5,10,15H,6-9,11-12H2,1-3H3. The monoisotopic (exact) mass is 315 g/mol. The van der Waals surface area contributed by atoms with Crippen molar-refractivity contribution < 1.29 is 9.59 Å². The van der Waals surface area contributed by atoms with Crippen LogP contribution in [-0.4, -0.2) is 61.4 Å². The molecule has 0 bridgehead atoms. The fraction of sp³-hybridized carbons (Fsp3) is 0.556. The first-order valence-corrected chi connectivity index (χ1v) is 8.30. The van der Waals surface area contributed by atoms with Gasteiger partial charge in [0.2, 0.25) is 11.8 Å². The summed E-state index contributed by atoms with van der Waals surface area (Å²) in [7, 11) is 2.07. The van der Waals surface area contributed by atoms with Gasteiger partial charge in [0, 0.05) is 44.8 Å². The highest BCUT2D eigenvalue weighted by Gasteiger charge is 2.38. The number of hydrogen-bond donors (Lipinski definition) is 0. The van der Waals surface area contributed by atoms with Gasteiger partial charge in [-0.2, -0.15) is 0 Å². The maximum absolute atomic E-state index is 12.7. The zero-order valence-electron chi connectivity index (χ0n) is 14.2. The highest BCUT2D eigenvalue weighted by molar-refractivity contribution is 6.00. The predicted molar refractivity (Wildman–Crippen MR) is 90.5 cm³/mol. The Bertz CT molecular complexity index is 621. The molecule has 2 fully saturated rings. The van der Waals surface area contributed by atoms with Crippen molar-refractivity contribution in [3.63, 3.8) is 0 Å². The minimum Gasteiger partial charge on any atom is -0.340 e. The molecule has 0 spiro atoms. The van der Waals surface area contributed by atoms with Crippen molar-refractivity contribution in [2.75, 3.05) is 44.7 Å². The van der Waals surface area contributed by atoms with Gasteiger partial charge in [-0.05, 0) is 38.1 Å². The number of carbonyl (C=O) groups is 2. The summed E-state index contributed by atoms with van der Waals surface area (Å²) in [6, 6.07) is 6.12. The molecule has 0 aromatic heterocycles. The SMILES string of the molecule is Cc1ccc(C)c(N2CC(C(=O)N3CCN(C)CC3)CC2=O)c1. The van der Waals surface area contributed by atoms with E-state index in [0.29, 0.717) is 13.0 Å². The van der Waals surface area contributed by atoms with Crippen LogP contribution in [0.1, 0.15) is 17.5 Å². The lowest BCUT2D eigenvalue weighted by molar-refractivity contribution is -0.137. The number of anilines is 1. The van der Waals surface area contributed by atoms with Crippen LogP contribution < -0.4 is 4.90 Å². The van der Waals surface area contributed by atoms with Gasteiger partial charge in [-0.15, -0.1) is 0 Å². The van der Waals surface area contributed by atoms with Crippen LogP contribution in [0.4, 0.5) is 5.69 Å². The van der Waals surface area contributed by atoms with E-state index in [0.717, 1.165) is 43.0 Å². The third kappa shape index (κ3) is 3.24. The van der Waals surface area contributed by atoms with Crippen molar-refractivity contribution in [2.45, 2.75) is 20.3 Å². The number of likely N-dealkylation sites (N-methyl/N-ethyl adjacent to an activating group) is 1. The quantitative estimate of drug-likeness (QED) is 0.829. The largest absolute Gasteiger partial charge is 0.340 e. The molecule has 0 N–H and O–H groups in total. The number of benzene rings is 1. The van der Waals surface area contributed by atoms with Gasteiger partial charge in [-0.1, -0.05) is 12.1 Å². The van der Waals surface area contributed by atoms with Gasteiger partial charge in [0.1, 0.15) is 0 Å². The fourth-order valence-corrected chi connectivity index (χ4v) is 3.40. The maximum atomic E-state index is 12.7. The molecule has 0 aliphatic carbocycles. The molecule has 1 aromatic rings. The number of carbonyl (C=O) groups excluding carboxylic acids is 2. The molecule has 124 valence electrons. The predicted octanol–water partition coefficient (Wildman–Crippen LogP) is 1.43. The van der Waals surface area contributed by atoms with Crippen molar-refractivity contribution in [3.05, 3.63) is 29.3 Å². The van der Waals surface area contributed by atoms with Gasteiger partial charge < -0.3 is 14.7 Å². The fourth-order valence-electron chi connectivity index (χ4n) is 3.40. The average molecular weight is 315 g/mol. The Morgan fingerprint density at radius 1 is 1.13 bits per heavy atom. The Kier molecular flexibility index (Phi) is 4.39. The smallest absolute Gasteiger partial charge is 0.228 e. The molecule has 5 heteroatoms. The van der Waals surface area contributed by atoms with Crippen LogP contribution in [0.15, 0.2) is 18.2 Å². The molecule has 1 unspecified atom stereocenters. The molecule has 23 heavy (non-hydrogen) atoms. The van der Waals surface area contributed by atoms with Gasteiger partial charge in [0.25, 0.3) is 0 Å². The molecular formula is C18H25N3O2. The van der Waals surface area contributed by atoms with Crippen LogP contribution in [0.25, 0.3) is 0 Å². The third-order valence-electron chi connectivity index (χ3n) is 4.94. The average Bonchev–Trinajstić information content (AvgIpc) is 2.91. The van der Waals surface area contributed by atoms with Gasteiger partial charge >= 0.3 is 0 Å². The van der Waals surface area contributed by atoms with Crippen LogP contribution in [0.2, 0.25) is 0 Å². The van der Waals surface area contributed by atoms with Crippen LogP contribution in [0, 0.1) is 19.8 Å². The number of rotatable bonds is 2. The van der Waals surface area contributed by atoms with Gasteiger partial charge in [0.15, 0.2) is 0 Å². The first kappa shape index (κ1) is 16.0. The maximum Gasteiger partial charge on any atom is 0.228 e. The van der Waals surface area contributed by atoms with E-state index in [9.17, 15) is 9.59 Å². The van der Waals surface area contributed by atoms with E-state index in [1.54, 1.807) is 4.90 Å². The van der Waals surface area contributed by atoms with Crippen molar-refractivity contribution in [3.8, 4) is 0 Å². The Morgan fingerprint density at radius 2 is 1.83 bits per heavy atom. The van der Waals surface area contributed by atoms with Gasteiger partial charge in [-0.25, -0.2) is 0 Å². The van der Waals surface area contributed by atoms with E-state index in [1.807, 2.05) is 36.9 Å². The Labute approximate surface area is 137 Å². The van der Waals surface area contributed by atoms with E-state index in [4.69, 9.17) is 0 Å². The van der Waals surface area contributed by atoms with Crippen LogP contribution in [0.3, 0.4) is 0 Å². The summed E-state index contributed by atoms with van der Waals surface area (Å²) in [5, 5.41) is 0. The number of piperazine rings is 1. The summed E-state index contributed by atoms with van der Waals surface area (Å²) in [6.45, 7) is 7.90. The van der Waals surface area contributed by atoms with Crippen LogP contribution in [-0.2, 0) is 9.59 Å². The minimum absolute atomic E-state index is 0.0613. The molecule has 0 radical (unpaired) electrons. The highest BCUT2D eigenvalue weighted by atomic mass is 16.2. The number of nitrogens with zero attached hydrogens (tertiary/aromatic N) is 3.